The summed E-state index contributed by atoms with van der Waals surface area (Å²) in [6.07, 6.45) is 17.6. The Balaban J connectivity index is 1.25. The Morgan fingerprint density at radius 1 is 0.892 bits per heavy atom. The number of para-hydroxylation sites is 1. The number of thiophene rings is 1. The largest absolute Gasteiger partial charge is 0.312 e. The Bertz CT molecular complexity index is 1750. The molecule has 182 valence electrons. The molecule has 0 bridgehead atoms. The minimum absolute atomic E-state index is 0.250. The third-order valence-electron chi connectivity index (χ3n) is 7.46. The van der Waals surface area contributed by atoms with E-state index in [4.69, 9.17) is 10.7 Å². The van der Waals surface area contributed by atoms with Gasteiger partial charge in [-0.3, -0.25) is 9.56 Å². The number of allylic oxidation sites excluding steroid dienone is 3. The first-order valence-electron chi connectivity index (χ1n) is 12.9. The van der Waals surface area contributed by atoms with Crippen molar-refractivity contribution in [3.05, 3.63) is 106 Å². The van der Waals surface area contributed by atoms with E-state index < -0.39 is 0 Å². The third kappa shape index (κ3) is 3.66. The van der Waals surface area contributed by atoms with Crippen molar-refractivity contribution in [1.29, 1.82) is 0 Å². The van der Waals surface area contributed by atoms with Crippen LogP contribution >= 0.6 is 11.3 Å². The van der Waals surface area contributed by atoms with E-state index in [9.17, 15) is 0 Å². The van der Waals surface area contributed by atoms with Crippen molar-refractivity contribution in [2.75, 3.05) is 6.67 Å². The summed E-state index contributed by atoms with van der Waals surface area (Å²) in [5, 5.41) is 4.82. The molecule has 7 rings (SSSR count). The maximum Gasteiger partial charge on any atom is 0.133 e. The lowest BCUT2D eigenvalue weighted by Gasteiger charge is -2.14. The van der Waals surface area contributed by atoms with Gasteiger partial charge in [0.05, 0.1) is 12.2 Å². The van der Waals surface area contributed by atoms with Crippen LogP contribution < -0.4 is 5.73 Å². The second-order valence-electron chi connectivity index (χ2n) is 9.55. The van der Waals surface area contributed by atoms with E-state index in [0.29, 0.717) is 0 Å². The molecular formula is C32H28N4S. The van der Waals surface area contributed by atoms with Gasteiger partial charge in [0.1, 0.15) is 10.7 Å². The van der Waals surface area contributed by atoms with Crippen LogP contribution in [-0.2, 0) is 12.8 Å². The number of aliphatic imine (C=N–C) groups is 1. The number of hydrogen-bond donors (Lipinski definition) is 1. The molecule has 0 unspecified atom stereocenters. The van der Waals surface area contributed by atoms with E-state index in [1.165, 1.54) is 49.3 Å². The summed E-state index contributed by atoms with van der Waals surface area (Å²) in [4.78, 5) is 6.04. The van der Waals surface area contributed by atoms with Gasteiger partial charge in [0, 0.05) is 39.0 Å². The predicted octanol–water partition coefficient (Wildman–Crippen LogP) is 7.44. The van der Waals surface area contributed by atoms with Gasteiger partial charge in [0.15, 0.2) is 0 Å². The molecule has 0 spiro atoms. The molecule has 3 aromatic heterocycles. The van der Waals surface area contributed by atoms with Gasteiger partial charge in [0.2, 0.25) is 0 Å². The summed E-state index contributed by atoms with van der Waals surface area (Å²) in [6.45, 7) is 0.250. The fraction of sp³-hybridized carbons (Fsp3) is 0.156. The van der Waals surface area contributed by atoms with E-state index in [-0.39, 0.29) is 6.67 Å². The number of benzene rings is 2. The fourth-order valence-corrected chi connectivity index (χ4v) is 6.79. The number of rotatable bonds is 4. The number of nitrogens with zero attached hydrogens (tertiary/aromatic N) is 3. The maximum absolute atomic E-state index is 5.94. The van der Waals surface area contributed by atoms with Crippen molar-refractivity contribution in [3.8, 4) is 5.69 Å². The molecule has 0 amide bonds. The molecule has 0 atom stereocenters. The van der Waals surface area contributed by atoms with Gasteiger partial charge in [-0.15, -0.1) is 11.3 Å². The lowest BCUT2D eigenvalue weighted by molar-refractivity contribution is 0.891. The van der Waals surface area contributed by atoms with Crippen LogP contribution in [0.4, 0.5) is 0 Å². The molecule has 0 fully saturated rings. The number of hydrogen-bond acceptors (Lipinski definition) is 3. The topological polar surface area (TPSA) is 48.2 Å². The summed E-state index contributed by atoms with van der Waals surface area (Å²) in [6, 6.07) is 19.7. The molecule has 37 heavy (non-hydrogen) atoms. The van der Waals surface area contributed by atoms with E-state index in [0.717, 1.165) is 37.1 Å². The van der Waals surface area contributed by atoms with Crippen LogP contribution in [0.3, 0.4) is 0 Å². The van der Waals surface area contributed by atoms with Crippen molar-refractivity contribution in [2.45, 2.75) is 25.7 Å². The molecule has 0 saturated heterocycles. The predicted molar refractivity (Wildman–Crippen MR) is 159 cm³/mol. The Hall–Kier alpha value is -3.93. The molecule has 2 aliphatic carbocycles. The minimum atomic E-state index is 0.250. The Labute approximate surface area is 220 Å². The van der Waals surface area contributed by atoms with Crippen molar-refractivity contribution < 1.29 is 0 Å². The van der Waals surface area contributed by atoms with Gasteiger partial charge in [-0.1, -0.05) is 60.7 Å². The van der Waals surface area contributed by atoms with E-state index in [1.54, 1.807) is 0 Å². The van der Waals surface area contributed by atoms with Crippen molar-refractivity contribution >= 4 is 56.5 Å². The Morgan fingerprint density at radius 3 is 2.46 bits per heavy atom. The highest BCUT2D eigenvalue weighted by atomic mass is 32.1. The number of nitrogens with two attached hydrogens (primary N) is 1. The normalized spacial score (nSPS) is 15.2. The Kier molecular flexibility index (Phi) is 5.53. The van der Waals surface area contributed by atoms with E-state index >= 15 is 0 Å². The zero-order chi connectivity index (χ0) is 24.8. The van der Waals surface area contributed by atoms with Crippen LogP contribution in [0.15, 0.2) is 83.2 Å². The summed E-state index contributed by atoms with van der Waals surface area (Å²) >= 11 is 1.82. The molecule has 0 saturated carbocycles. The molecule has 0 aliphatic heterocycles. The first-order chi connectivity index (χ1) is 18.3. The lowest BCUT2D eigenvalue weighted by atomic mass is 10.0. The van der Waals surface area contributed by atoms with Crippen LogP contribution in [0.1, 0.15) is 40.9 Å². The van der Waals surface area contributed by atoms with Crippen molar-refractivity contribution in [2.24, 2.45) is 10.7 Å². The molecule has 2 aliphatic rings. The highest BCUT2D eigenvalue weighted by molar-refractivity contribution is 7.16. The molecule has 2 N–H and O–H groups in total. The molecular weight excluding hydrogens is 472 g/mol. The van der Waals surface area contributed by atoms with Gasteiger partial charge >= 0.3 is 0 Å². The second-order valence-corrected chi connectivity index (χ2v) is 10.4. The first-order valence-corrected chi connectivity index (χ1v) is 13.8. The standard InChI is InChI=1S/C32H28N4S/c33-21-34-31(36-29-11-5-1-7-24(29)25-8-2-6-12-30(25)36)18-15-22-13-16-23(17-14-22)35-28-10-4-3-9-26(28)27-19-20-37-32(27)35/h1-3,5,7-9,11,13-20H,4,6,10,12,21,33H2/b18-15-,34-31+. The van der Waals surface area contributed by atoms with Crippen LogP contribution in [-0.4, -0.2) is 21.6 Å². The van der Waals surface area contributed by atoms with Crippen LogP contribution in [0.25, 0.3) is 45.0 Å². The van der Waals surface area contributed by atoms with Gasteiger partial charge in [-0.05, 0) is 67.0 Å². The highest BCUT2D eigenvalue weighted by Gasteiger charge is 2.20. The first kappa shape index (κ1) is 22.3. The lowest BCUT2D eigenvalue weighted by Crippen LogP contribution is -2.15. The number of aromatic nitrogens is 2. The summed E-state index contributed by atoms with van der Waals surface area (Å²) < 4.78 is 4.73. The van der Waals surface area contributed by atoms with Crippen molar-refractivity contribution in [1.82, 2.24) is 9.13 Å². The molecule has 5 heteroatoms. The fourth-order valence-electron chi connectivity index (χ4n) is 5.83. The van der Waals surface area contributed by atoms with Crippen LogP contribution in [0, 0.1) is 0 Å². The smallest absolute Gasteiger partial charge is 0.133 e. The highest BCUT2D eigenvalue weighted by Crippen LogP contribution is 2.37. The molecule has 3 heterocycles. The van der Waals surface area contributed by atoms with Crippen LogP contribution in [0.2, 0.25) is 0 Å². The van der Waals surface area contributed by atoms with Gasteiger partial charge in [-0.25, -0.2) is 0 Å². The van der Waals surface area contributed by atoms with E-state index in [1.807, 2.05) is 11.3 Å². The van der Waals surface area contributed by atoms with Crippen molar-refractivity contribution in [3.63, 3.8) is 0 Å². The quantitative estimate of drug-likeness (QED) is 0.202. The summed E-state index contributed by atoms with van der Waals surface area (Å²) in [5.74, 6) is 0.880. The Morgan fingerprint density at radius 2 is 1.65 bits per heavy atom. The molecule has 4 nitrogen and oxygen atoms in total. The zero-order valence-electron chi connectivity index (χ0n) is 20.6. The molecule has 5 aromatic rings. The summed E-state index contributed by atoms with van der Waals surface area (Å²) in [5.41, 5.74) is 14.9. The average molecular weight is 501 g/mol. The zero-order valence-corrected chi connectivity index (χ0v) is 21.4. The van der Waals surface area contributed by atoms with E-state index in [2.05, 4.69) is 106 Å². The second kappa shape index (κ2) is 9.18. The maximum atomic E-state index is 5.94. The summed E-state index contributed by atoms with van der Waals surface area (Å²) in [7, 11) is 0. The molecule has 2 aromatic carbocycles. The minimum Gasteiger partial charge on any atom is -0.312 e. The van der Waals surface area contributed by atoms with Gasteiger partial charge in [-0.2, -0.15) is 0 Å². The van der Waals surface area contributed by atoms with Gasteiger partial charge < -0.3 is 10.3 Å². The third-order valence-corrected chi connectivity index (χ3v) is 8.36. The van der Waals surface area contributed by atoms with Gasteiger partial charge in [0.25, 0.3) is 0 Å². The monoisotopic (exact) mass is 500 g/mol. The molecule has 0 radical (unpaired) electrons. The average Bonchev–Trinajstić information content (AvgIpc) is 3.63. The number of fused-ring (bicyclic) bond motifs is 6. The van der Waals surface area contributed by atoms with Crippen LogP contribution in [0.5, 0.6) is 0 Å². The SMILES string of the molecule is NC/N=C(\C=C/c1ccc(-n2c3c(c4ccsc42)C=CCC3)cc1)n1c2c(c3ccccc31)C=CCC2.